The monoisotopic (exact) mass is 404 g/mol. The van der Waals surface area contributed by atoms with Crippen LogP contribution in [0.15, 0.2) is 47.1 Å². The number of rotatable bonds is 4. The number of fused-ring (bicyclic) bond motifs is 1. The fourth-order valence-electron chi connectivity index (χ4n) is 3.34. The fourth-order valence-corrected chi connectivity index (χ4v) is 3.34. The van der Waals surface area contributed by atoms with Gasteiger partial charge >= 0.3 is 17.9 Å². The number of carbonyl (C=O) groups excluding carboxylic acids is 3. The highest BCUT2D eigenvalue weighted by molar-refractivity contribution is 5.92. The van der Waals surface area contributed by atoms with Crippen LogP contribution in [0.1, 0.15) is 40.5 Å². The summed E-state index contributed by atoms with van der Waals surface area (Å²) in [6.07, 6.45) is 3.80. The second-order valence-electron chi connectivity index (χ2n) is 7.38. The van der Waals surface area contributed by atoms with Gasteiger partial charge in [-0.3, -0.25) is 4.79 Å². The van der Waals surface area contributed by atoms with Crippen LogP contribution in [0.5, 0.6) is 0 Å². The highest BCUT2D eigenvalue weighted by Crippen LogP contribution is 2.36. The Kier molecular flexibility index (Phi) is 7.56. The molecule has 0 aromatic rings. The number of hydrogen-bond acceptors (Lipinski definition) is 7. The van der Waals surface area contributed by atoms with E-state index in [-0.39, 0.29) is 17.8 Å². The average Bonchev–Trinajstić information content (AvgIpc) is 2.92. The van der Waals surface area contributed by atoms with Crippen molar-refractivity contribution in [1.29, 1.82) is 0 Å². The summed E-state index contributed by atoms with van der Waals surface area (Å²) in [5, 5.41) is 10.3. The third kappa shape index (κ3) is 5.67. The molecule has 7 nitrogen and oxygen atoms in total. The van der Waals surface area contributed by atoms with E-state index in [1.54, 1.807) is 19.9 Å². The van der Waals surface area contributed by atoms with Crippen LogP contribution in [-0.2, 0) is 28.6 Å². The Morgan fingerprint density at radius 2 is 2.07 bits per heavy atom. The van der Waals surface area contributed by atoms with Crippen molar-refractivity contribution in [2.75, 3.05) is 6.61 Å². The number of aliphatic hydroxyl groups is 1. The van der Waals surface area contributed by atoms with Gasteiger partial charge in [0.25, 0.3) is 0 Å². The molecule has 1 aliphatic heterocycles. The molecule has 0 unspecified atom stereocenters. The van der Waals surface area contributed by atoms with Crippen molar-refractivity contribution < 1.29 is 33.7 Å². The van der Waals surface area contributed by atoms with Crippen molar-refractivity contribution >= 4 is 17.9 Å². The van der Waals surface area contributed by atoms with E-state index in [1.165, 1.54) is 13.0 Å². The van der Waals surface area contributed by atoms with Gasteiger partial charge in [0.1, 0.15) is 18.8 Å². The lowest BCUT2D eigenvalue weighted by Crippen LogP contribution is -2.34. The van der Waals surface area contributed by atoms with E-state index in [0.29, 0.717) is 18.4 Å². The molecule has 0 bridgehead atoms. The lowest BCUT2D eigenvalue weighted by atomic mass is 9.85. The molecule has 2 rings (SSSR count). The molecule has 1 fully saturated rings. The van der Waals surface area contributed by atoms with Crippen LogP contribution in [0.3, 0.4) is 0 Å². The third-order valence-corrected chi connectivity index (χ3v) is 5.13. The zero-order chi connectivity index (χ0) is 21.7. The summed E-state index contributed by atoms with van der Waals surface area (Å²) >= 11 is 0. The van der Waals surface area contributed by atoms with Gasteiger partial charge in [0.2, 0.25) is 0 Å². The van der Waals surface area contributed by atoms with Crippen LogP contribution in [0.25, 0.3) is 0 Å². The van der Waals surface area contributed by atoms with Crippen LogP contribution >= 0.6 is 0 Å². The molecule has 1 saturated heterocycles. The Bertz CT molecular complexity index is 787. The molecule has 0 aromatic heterocycles. The Morgan fingerprint density at radius 1 is 1.38 bits per heavy atom. The van der Waals surface area contributed by atoms with Gasteiger partial charge in [-0.2, -0.15) is 0 Å². The summed E-state index contributed by atoms with van der Waals surface area (Å²) in [6, 6.07) is 0. The molecule has 0 amide bonds. The zero-order valence-corrected chi connectivity index (χ0v) is 17.3. The maximum Gasteiger partial charge on any atom is 0.337 e. The van der Waals surface area contributed by atoms with Gasteiger partial charge < -0.3 is 19.3 Å². The highest BCUT2D eigenvalue weighted by Gasteiger charge is 2.44. The molecule has 1 aliphatic carbocycles. The molecule has 1 N–H and O–H groups in total. The van der Waals surface area contributed by atoms with Crippen LogP contribution in [-0.4, -0.2) is 47.9 Å². The van der Waals surface area contributed by atoms with Gasteiger partial charge in [0.15, 0.2) is 0 Å². The first-order valence-corrected chi connectivity index (χ1v) is 9.55. The van der Waals surface area contributed by atoms with Gasteiger partial charge in [-0.1, -0.05) is 24.3 Å². The predicted octanol–water partition coefficient (Wildman–Crippen LogP) is 2.55. The summed E-state index contributed by atoms with van der Waals surface area (Å²) in [5.74, 6) is -2.26. The van der Waals surface area contributed by atoms with Gasteiger partial charge in [-0.25, -0.2) is 9.59 Å². The van der Waals surface area contributed by atoms with Gasteiger partial charge in [0.05, 0.1) is 17.6 Å². The van der Waals surface area contributed by atoms with Crippen molar-refractivity contribution in [3.63, 3.8) is 0 Å². The molecule has 0 saturated carbocycles. The van der Waals surface area contributed by atoms with Crippen molar-refractivity contribution in [3.05, 3.63) is 47.1 Å². The highest BCUT2D eigenvalue weighted by atomic mass is 16.6. The van der Waals surface area contributed by atoms with Crippen LogP contribution < -0.4 is 0 Å². The second kappa shape index (κ2) is 9.69. The lowest BCUT2D eigenvalue weighted by molar-refractivity contribution is -0.148. The number of carbonyl (C=O) groups is 3. The van der Waals surface area contributed by atoms with E-state index in [4.69, 9.17) is 14.2 Å². The minimum atomic E-state index is -0.700. The third-order valence-electron chi connectivity index (χ3n) is 5.13. The van der Waals surface area contributed by atoms with Crippen LogP contribution in [0.4, 0.5) is 0 Å². The lowest BCUT2D eigenvalue weighted by Gasteiger charge is -2.28. The molecule has 0 aromatic carbocycles. The Morgan fingerprint density at radius 3 is 2.69 bits per heavy atom. The van der Waals surface area contributed by atoms with Crippen molar-refractivity contribution in [3.8, 4) is 0 Å². The minimum absolute atomic E-state index is 0.193. The van der Waals surface area contributed by atoms with Gasteiger partial charge in [-0.05, 0) is 38.8 Å². The topological polar surface area (TPSA) is 99.1 Å². The first-order chi connectivity index (χ1) is 13.6. The summed E-state index contributed by atoms with van der Waals surface area (Å²) in [5.41, 5.74) is 2.00. The molecule has 1 heterocycles. The zero-order valence-electron chi connectivity index (χ0n) is 17.3. The Labute approximate surface area is 170 Å². The minimum Gasteiger partial charge on any atom is -0.461 e. The van der Waals surface area contributed by atoms with E-state index in [9.17, 15) is 19.5 Å². The molecular formula is C22H28O7. The molecule has 0 radical (unpaired) electrons. The summed E-state index contributed by atoms with van der Waals surface area (Å²) < 4.78 is 16.1. The first kappa shape index (κ1) is 22.6. The SMILES string of the molecule is C=C1C(=O)O[C@@H]2/C=C(\C)[C@@H](O)C/C=C(\C)C[C@@H](OC(=O)/C(=C/C)COC(C)=O)[C@@H]12. The summed E-state index contributed by atoms with van der Waals surface area (Å²) in [6.45, 7) is 10.2. The number of esters is 3. The Balaban J connectivity index is 2.33. The predicted molar refractivity (Wildman–Crippen MR) is 106 cm³/mol. The number of ether oxygens (including phenoxy) is 3. The average molecular weight is 404 g/mol. The van der Waals surface area contributed by atoms with E-state index in [1.807, 2.05) is 13.0 Å². The maximum atomic E-state index is 12.7. The molecule has 29 heavy (non-hydrogen) atoms. The van der Waals surface area contributed by atoms with Crippen LogP contribution in [0, 0.1) is 5.92 Å². The van der Waals surface area contributed by atoms with Crippen molar-refractivity contribution in [2.24, 2.45) is 5.92 Å². The van der Waals surface area contributed by atoms with Crippen molar-refractivity contribution in [2.45, 2.75) is 58.8 Å². The largest absolute Gasteiger partial charge is 0.461 e. The molecule has 0 spiro atoms. The number of hydrogen-bond donors (Lipinski definition) is 1. The molecule has 158 valence electrons. The van der Waals surface area contributed by atoms with Crippen molar-refractivity contribution in [1.82, 2.24) is 0 Å². The quantitative estimate of drug-likeness (QED) is 0.333. The second-order valence-corrected chi connectivity index (χ2v) is 7.38. The van der Waals surface area contributed by atoms with E-state index >= 15 is 0 Å². The van der Waals surface area contributed by atoms with E-state index in [2.05, 4.69) is 6.58 Å². The van der Waals surface area contributed by atoms with Crippen LogP contribution in [0.2, 0.25) is 0 Å². The van der Waals surface area contributed by atoms with E-state index in [0.717, 1.165) is 5.57 Å². The first-order valence-electron chi connectivity index (χ1n) is 9.55. The van der Waals surface area contributed by atoms with E-state index < -0.39 is 42.1 Å². The number of allylic oxidation sites excluding steroid dienone is 1. The number of aliphatic hydroxyl groups excluding tert-OH is 1. The van der Waals surface area contributed by atoms with Gasteiger partial charge in [0, 0.05) is 18.9 Å². The summed E-state index contributed by atoms with van der Waals surface area (Å²) in [7, 11) is 0. The fraction of sp³-hybridized carbons (Fsp3) is 0.500. The Hall–Kier alpha value is -2.67. The molecule has 7 heteroatoms. The van der Waals surface area contributed by atoms with Gasteiger partial charge in [-0.15, -0.1) is 0 Å². The standard InChI is InChI=1S/C22H28O7/c1-6-16(11-27-15(5)23)22(26)29-18-9-12(2)7-8-17(24)13(3)10-19-20(18)14(4)21(25)28-19/h6-7,10,17-20,24H,4,8-9,11H2,1-3,5H3/b12-7+,13-10+,16-6+/t17-,18+,19+,20+/m0/s1. The smallest absolute Gasteiger partial charge is 0.337 e. The summed E-state index contributed by atoms with van der Waals surface area (Å²) in [4.78, 5) is 35.9. The molecule has 4 atom stereocenters. The molecule has 2 aliphatic rings. The normalized spacial score (nSPS) is 31.6. The maximum absolute atomic E-state index is 12.7. The molecular weight excluding hydrogens is 376 g/mol.